The number of hydrogen-bond acceptors (Lipinski definition) is 2. The van der Waals surface area contributed by atoms with Gasteiger partial charge in [-0.05, 0) is 12.1 Å². The third-order valence-corrected chi connectivity index (χ3v) is 2.40. The van der Waals surface area contributed by atoms with Gasteiger partial charge in [0.25, 0.3) is 0 Å². The largest absolute Gasteiger partial charge is 0.295 e. The van der Waals surface area contributed by atoms with Gasteiger partial charge < -0.3 is 0 Å². The molecule has 0 unspecified atom stereocenters. The Morgan fingerprint density at radius 2 is 2.43 bits per heavy atom. The standard InChI is InChI=1S/C9H6BrFN2O/c10-4-8(14)7-5-12-9-6(11)2-1-3-13(7)9/h1-3,5H,4H2. The second-order valence-electron chi connectivity index (χ2n) is 2.75. The number of rotatable bonds is 2. The molecular weight excluding hydrogens is 251 g/mol. The summed E-state index contributed by atoms with van der Waals surface area (Å²) in [6.07, 6.45) is 2.99. The van der Waals surface area contributed by atoms with Gasteiger partial charge in [0.2, 0.25) is 0 Å². The van der Waals surface area contributed by atoms with Crippen molar-refractivity contribution in [2.24, 2.45) is 0 Å². The molecule has 0 bridgehead atoms. The Labute approximate surface area is 87.7 Å². The van der Waals surface area contributed by atoms with E-state index in [9.17, 15) is 9.18 Å². The van der Waals surface area contributed by atoms with Gasteiger partial charge in [0.1, 0.15) is 5.69 Å². The summed E-state index contributed by atoms with van der Waals surface area (Å²) < 4.78 is 14.6. The number of imidazole rings is 1. The lowest BCUT2D eigenvalue weighted by atomic mass is 10.3. The SMILES string of the molecule is O=C(CBr)c1cnc2c(F)cccn12. The van der Waals surface area contributed by atoms with E-state index in [1.54, 1.807) is 6.20 Å². The van der Waals surface area contributed by atoms with Crippen LogP contribution in [-0.4, -0.2) is 20.5 Å². The van der Waals surface area contributed by atoms with Gasteiger partial charge in [0, 0.05) is 6.20 Å². The van der Waals surface area contributed by atoms with Gasteiger partial charge in [-0.15, -0.1) is 0 Å². The maximum atomic E-state index is 13.2. The molecule has 72 valence electrons. The fraction of sp³-hybridized carbons (Fsp3) is 0.111. The lowest BCUT2D eigenvalue weighted by Crippen LogP contribution is -2.04. The van der Waals surface area contributed by atoms with Crippen molar-refractivity contribution in [3.63, 3.8) is 0 Å². The number of aromatic nitrogens is 2. The van der Waals surface area contributed by atoms with Gasteiger partial charge in [-0.2, -0.15) is 0 Å². The molecular formula is C9H6BrFN2O. The predicted molar refractivity (Wildman–Crippen MR) is 53.3 cm³/mol. The molecule has 2 rings (SSSR count). The Kier molecular flexibility index (Phi) is 2.33. The Morgan fingerprint density at radius 3 is 3.14 bits per heavy atom. The average molecular weight is 257 g/mol. The summed E-state index contributed by atoms with van der Waals surface area (Å²) in [6.45, 7) is 0. The molecule has 0 aliphatic heterocycles. The molecule has 2 heterocycles. The molecule has 0 aliphatic carbocycles. The first kappa shape index (κ1) is 9.33. The zero-order valence-corrected chi connectivity index (χ0v) is 8.66. The molecule has 2 aromatic rings. The zero-order chi connectivity index (χ0) is 10.1. The van der Waals surface area contributed by atoms with Crippen LogP contribution in [0.2, 0.25) is 0 Å². The van der Waals surface area contributed by atoms with E-state index in [2.05, 4.69) is 20.9 Å². The number of hydrogen-bond donors (Lipinski definition) is 0. The molecule has 0 spiro atoms. The normalized spacial score (nSPS) is 10.7. The van der Waals surface area contributed by atoms with Crippen LogP contribution in [0.3, 0.4) is 0 Å². The number of Topliss-reactive ketones (excluding diaryl/α,β-unsaturated/α-hetero) is 1. The second-order valence-corrected chi connectivity index (χ2v) is 3.31. The van der Waals surface area contributed by atoms with Crippen LogP contribution in [0, 0.1) is 5.82 Å². The maximum absolute atomic E-state index is 13.2. The van der Waals surface area contributed by atoms with Crippen molar-refractivity contribution < 1.29 is 9.18 Å². The van der Waals surface area contributed by atoms with Gasteiger partial charge >= 0.3 is 0 Å². The smallest absolute Gasteiger partial charge is 0.191 e. The number of halogens is 2. The highest BCUT2D eigenvalue weighted by atomic mass is 79.9. The Balaban J connectivity index is 2.70. The Morgan fingerprint density at radius 1 is 1.64 bits per heavy atom. The number of alkyl halides is 1. The zero-order valence-electron chi connectivity index (χ0n) is 7.08. The lowest BCUT2D eigenvalue weighted by Gasteiger charge is -1.97. The average Bonchev–Trinajstić information content (AvgIpc) is 2.62. The molecule has 2 aromatic heterocycles. The number of carbonyl (C=O) groups is 1. The number of pyridine rings is 1. The van der Waals surface area contributed by atoms with E-state index in [1.807, 2.05) is 0 Å². The Hall–Kier alpha value is -1.23. The van der Waals surface area contributed by atoms with E-state index in [4.69, 9.17) is 0 Å². The lowest BCUT2D eigenvalue weighted by molar-refractivity contribution is 0.101. The van der Waals surface area contributed by atoms with Crippen LogP contribution in [0.15, 0.2) is 24.5 Å². The molecule has 0 fully saturated rings. The van der Waals surface area contributed by atoms with Gasteiger partial charge in [-0.1, -0.05) is 15.9 Å². The molecule has 14 heavy (non-hydrogen) atoms. The summed E-state index contributed by atoms with van der Waals surface area (Å²) in [5.41, 5.74) is 0.563. The van der Waals surface area contributed by atoms with Gasteiger partial charge in [0.05, 0.1) is 11.5 Å². The highest BCUT2D eigenvalue weighted by Crippen LogP contribution is 2.11. The minimum absolute atomic E-state index is 0.122. The summed E-state index contributed by atoms with van der Waals surface area (Å²) in [6, 6.07) is 2.85. The number of fused-ring (bicyclic) bond motifs is 1. The molecule has 3 nitrogen and oxygen atoms in total. The Bertz CT molecular complexity index is 495. The van der Waals surface area contributed by atoms with Crippen LogP contribution < -0.4 is 0 Å². The number of nitrogens with zero attached hydrogens (tertiary/aromatic N) is 2. The van der Waals surface area contributed by atoms with Crippen molar-refractivity contribution in [3.8, 4) is 0 Å². The molecule has 5 heteroatoms. The van der Waals surface area contributed by atoms with E-state index < -0.39 is 5.82 Å². The molecule has 0 saturated carbocycles. The van der Waals surface area contributed by atoms with Crippen molar-refractivity contribution in [2.45, 2.75) is 0 Å². The summed E-state index contributed by atoms with van der Waals surface area (Å²) in [4.78, 5) is 15.2. The van der Waals surface area contributed by atoms with Crippen molar-refractivity contribution in [3.05, 3.63) is 36.0 Å². The van der Waals surface area contributed by atoms with Gasteiger partial charge in [-0.25, -0.2) is 9.37 Å². The van der Waals surface area contributed by atoms with E-state index >= 15 is 0 Å². The van der Waals surface area contributed by atoms with Gasteiger partial charge in [0.15, 0.2) is 17.2 Å². The first-order valence-corrected chi connectivity index (χ1v) is 5.07. The molecule has 0 amide bonds. The third-order valence-electron chi connectivity index (χ3n) is 1.90. The highest BCUT2D eigenvalue weighted by molar-refractivity contribution is 9.09. The van der Waals surface area contributed by atoms with E-state index in [0.717, 1.165) is 0 Å². The fourth-order valence-electron chi connectivity index (χ4n) is 1.25. The minimum Gasteiger partial charge on any atom is -0.295 e. The molecule has 0 radical (unpaired) electrons. The van der Waals surface area contributed by atoms with Crippen molar-refractivity contribution in [2.75, 3.05) is 5.33 Å². The molecule has 0 atom stereocenters. The van der Waals surface area contributed by atoms with Crippen LogP contribution in [0.4, 0.5) is 4.39 Å². The summed E-state index contributed by atoms with van der Waals surface area (Å²) in [5.74, 6) is -0.552. The molecule has 0 N–H and O–H groups in total. The quantitative estimate of drug-likeness (QED) is 0.609. The monoisotopic (exact) mass is 256 g/mol. The summed E-state index contributed by atoms with van der Waals surface area (Å²) in [5, 5.41) is 0.206. The maximum Gasteiger partial charge on any atom is 0.191 e. The first-order chi connectivity index (χ1) is 6.74. The van der Waals surface area contributed by atoms with Gasteiger partial charge in [-0.3, -0.25) is 9.20 Å². The van der Waals surface area contributed by atoms with Crippen molar-refractivity contribution in [1.82, 2.24) is 9.38 Å². The second kappa shape index (κ2) is 3.49. The first-order valence-electron chi connectivity index (χ1n) is 3.95. The van der Waals surface area contributed by atoms with E-state index in [1.165, 1.54) is 22.7 Å². The highest BCUT2D eigenvalue weighted by Gasteiger charge is 2.12. The van der Waals surface area contributed by atoms with Crippen LogP contribution in [0.25, 0.3) is 5.65 Å². The van der Waals surface area contributed by atoms with Crippen molar-refractivity contribution >= 4 is 27.4 Å². The summed E-state index contributed by atoms with van der Waals surface area (Å²) in [7, 11) is 0. The summed E-state index contributed by atoms with van der Waals surface area (Å²) >= 11 is 3.06. The van der Waals surface area contributed by atoms with Crippen LogP contribution in [0.1, 0.15) is 10.5 Å². The predicted octanol–water partition coefficient (Wildman–Crippen LogP) is 2.05. The fourth-order valence-corrected chi connectivity index (χ4v) is 1.54. The minimum atomic E-state index is -0.430. The van der Waals surface area contributed by atoms with Crippen molar-refractivity contribution in [1.29, 1.82) is 0 Å². The van der Waals surface area contributed by atoms with Crippen LogP contribution in [0.5, 0.6) is 0 Å². The number of carbonyl (C=O) groups excluding carboxylic acids is 1. The third kappa shape index (κ3) is 1.33. The molecule has 0 aromatic carbocycles. The molecule has 0 saturated heterocycles. The van der Waals surface area contributed by atoms with Crippen LogP contribution in [-0.2, 0) is 0 Å². The van der Waals surface area contributed by atoms with E-state index in [-0.39, 0.29) is 16.8 Å². The van der Waals surface area contributed by atoms with E-state index in [0.29, 0.717) is 5.69 Å². The van der Waals surface area contributed by atoms with Crippen LogP contribution >= 0.6 is 15.9 Å². The number of ketones is 1. The topological polar surface area (TPSA) is 34.4 Å². The molecule has 0 aliphatic rings.